The van der Waals surface area contributed by atoms with Crippen LogP contribution in [0.2, 0.25) is 0 Å². The molecule has 0 saturated carbocycles. The Labute approximate surface area is 393 Å². The molecule has 0 aromatic rings. The van der Waals surface area contributed by atoms with Crippen LogP contribution < -0.4 is 0 Å². The van der Waals surface area contributed by atoms with E-state index in [1.807, 2.05) is 0 Å². The molecule has 1 atom stereocenters. The van der Waals surface area contributed by atoms with Crippen molar-refractivity contribution in [3.05, 3.63) is 0 Å². The molecular weight excluding hydrogens is 781 g/mol. The molecule has 0 heterocycles. The number of rotatable bonds is 51. The number of esters is 3. The second-order valence-electron chi connectivity index (χ2n) is 20.5. The van der Waals surface area contributed by atoms with Crippen LogP contribution in [0.15, 0.2) is 0 Å². The molecule has 0 aliphatic heterocycles. The van der Waals surface area contributed by atoms with Crippen molar-refractivity contribution < 1.29 is 28.6 Å². The van der Waals surface area contributed by atoms with E-state index in [1.54, 1.807) is 0 Å². The molecule has 6 nitrogen and oxygen atoms in total. The summed E-state index contributed by atoms with van der Waals surface area (Å²) in [5.41, 5.74) is 0. The molecule has 0 aliphatic rings. The van der Waals surface area contributed by atoms with Gasteiger partial charge in [0, 0.05) is 19.3 Å². The molecular formula is C57H110O6. The zero-order chi connectivity index (χ0) is 46.1. The summed E-state index contributed by atoms with van der Waals surface area (Å²) in [6.45, 7) is 11.4. The lowest BCUT2D eigenvalue weighted by Crippen LogP contribution is -2.30. The lowest BCUT2D eigenvalue weighted by molar-refractivity contribution is -0.167. The summed E-state index contributed by atoms with van der Waals surface area (Å²) in [5, 5.41) is 0. The Balaban J connectivity index is 4.24. The number of hydrogen-bond acceptors (Lipinski definition) is 6. The van der Waals surface area contributed by atoms with Crippen LogP contribution in [-0.2, 0) is 28.6 Å². The van der Waals surface area contributed by atoms with Gasteiger partial charge in [0.25, 0.3) is 0 Å². The van der Waals surface area contributed by atoms with Crippen molar-refractivity contribution in [3.63, 3.8) is 0 Å². The fourth-order valence-corrected chi connectivity index (χ4v) is 8.70. The van der Waals surface area contributed by atoms with Gasteiger partial charge in [-0.1, -0.05) is 279 Å². The summed E-state index contributed by atoms with van der Waals surface area (Å²) in [4.78, 5) is 38.0. The largest absolute Gasteiger partial charge is 0.462 e. The summed E-state index contributed by atoms with van der Waals surface area (Å²) in [5.74, 6) is 0.849. The van der Waals surface area contributed by atoms with Gasteiger partial charge in [-0.15, -0.1) is 0 Å². The second kappa shape index (κ2) is 49.8. The Morgan fingerprint density at radius 1 is 0.302 bits per heavy atom. The van der Waals surface area contributed by atoms with Crippen LogP contribution in [0.25, 0.3) is 0 Å². The third kappa shape index (κ3) is 51.3. The predicted molar refractivity (Wildman–Crippen MR) is 270 cm³/mol. The molecule has 0 spiro atoms. The first kappa shape index (κ1) is 61.4. The summed E-state index contributed by atoms with van der Waals surface area (Å²) in [6, 6.07) is 0. The second-order valence-corrected chi connectivity index (χ2v) is 20.5. The molecule has 0 aliphatic carbocycles. The highest BCUT2D eigenvalue weighted by atomic mass is 16.6. The fraction of sp³-hybridized carbons (Fsp3) is 0.947. The molecule has 63 heavy (non-hydrogen) atoms. The van der Waals surface area contributed by atoms with Crippen molar-refractivity contribution in [1.82, 2.24) is 0 Å². The maximum absolute atomic E-state index is 12.8. The highest BCUT2D eigenvalue weighted by Gasteiger charge is 2.19. The Bertz CT molecular complexity index is 962. The molecule has 0 aromatic heterocycles. The van der Waals surface area contributed by atoms with Crippen molar-refractivity contribution in [3.8, 4) is 0 Å². The first-order valence-corrected chi connectivity index (χ1v) is 28.2. The van der Waals surface area contributed by atoms with Crippen LogP contribution in [0.3, 0.4) is 0 Å². The molecule has 0 N–H and O–H groups in total. The SMILES string of the molecule is CCCCCCCCCCCCC(=O)OC[C@H](COC(=O)CCCCCCCCCCCCCCCCCCC(C)C)OC(=O)CCCCCCCCCCCCCCCC(C)C. The van der Waals surface area contributed by atoms with Gasteiger partial charge >= 0.3 is 17.9 Å². The monoisotopic (exact) mass is 891 g/mol. The Kier molecular flexibility index (Phi) is 48.6. The minimum absolute atomic E-state index is 0.0628. The number of carbonyl (C=O) groups excluding carboxylic acids is 3. The van der Waals surface area contributed by atoms with Gasteiger partial charge in [0.2, 0.25) is 0 Å². The van der Waals surface area contributed by atoms with Crippen molar-refractivity contribution in [2.24, 2.45) is 11.8 Å². The van der Waals surface area contributed by atoms with Crippen LogP contribution in [0.4, 0.5) is 0 Å². The average molecular weight is 892 g/mol. The van der Waals surface area contributed by atoms with Crippen LogP contribution >= 0.6 is 0 Å². The molecule has 6 heteroatoms. The molecule has 374 valence electrons. The Hall–Kier alpha value is -1.59. The minimum atomic E-state index is -0.762. The van der Waals surface area contributed by atoms with Crippen molar-refractivity contribution in [2.75, 3.05) is 13.2 Å². The average Bonchev–Trinajstić information content (AvgIpc) is 3.25. The zero-order valence-corrected chi connectivity index (χ0v) is 43.2. The molecule has 0 aromatic carbocycles. The van der Waals surface area contributed by atoms with E-state index in [2.05, 4.69) is 34.6 Å². The van der Waals surface area contributed by atoms with Gasteiger partial charge in [0.05, 0.1) is 0 Å². The number of carbonyl (C=O) groups is 3. The first-order valence-electron chi connectivity index (χ1n) is 28.2. The first-order chi connectivity index (χ1) is 30.7. The molecule has 0 saturated heterocycles. The topological polar surface area (TPSA) is 78.9 Å². The van der Waals surface area contributed by atoms with Crippen LogP contribution in [0.5, 0.6) is 0 Å². The van der Waals surface area contributed by atoms with Gasteiger partial charge in [-0.2, -0.15) is 0 Å². The highest BCUT2D eigenvalue weighted by molar-refractivity contribution is 5.71. The van der Waals surface area contributed by atoms with E-state index < -0.39 is 6.10 Å². The normalized spacial score (nSPS) is 12.0. The standard InChI is InChI=1S/C57H110O6/c1-6-7-8-9-10-11-27-32-37-42-47-55(58)61-50-54(63-57(60)49-44-39-34-29-24-20-16-18-22-26-31-36-41-46-53(4)5)51-62-56(59)48-43-38-33-28-23-19-15-13-12-14-17-21-25-30-35-40-45-52(2)3/h52-54H,6-51H2,1-5H3/t54-/m1/s1. The Morgan fingerprint density at radius 3 is 0.778 bits per heavy atom. The quantitative estimate of drug-likeness (QED) is 0.0344. The predicted octanol–water partition coefficient (Wildman–Crippen LogP) is 18.5. The maximum Gasteiger partial charge on any atom is 0.306 e. The molecule has 0 rings (SSSR count). The summed E-state index contributed by atoms with van der Waals surface area (Å²) >= 11 is 0. The molecule has 0 unspecified atom stereocenters. The lowest BCUT2D eigenvalue weighted by Gasteiger charge is -2.18. The van der Waals surface area contributed by atoms with E-state index in [0.29, 0.717) is 19.3 Å². The van der Waals surface area contributed by atoms with Crippen molar-refractivity contribution in [1.29, 1.82) is 0 Å². The number of hydrogen-bond donors (Lipinski definition) is 0. The summed E-state index contributed by atoms with van der Waals surface area (Å²) < 4.78 is 16.8. The van der Waals surface area contributed by atoms with Crippen LogP contribution in [0.1, 0.15) is 317 Å². The molecule has 0 bridgehead atoms. The van der Waals surface area contributed by atoms with Gasteiger partial charge < -0.3 is 14.2 Å². The van der Waals surface area contributed by atoms with Gasteiger partial charge in [0.15, 0.2) is 6.10 Å². The van der Waals surface area contributed by atoms with E-state index in [1.165, 1.54) is 205 Å². The summed E-state index contributed by atoms with van der Waals surface area (Å²) in [7, 11) is 0. The molecule has 0 radical (unpaired) electrons. The minimum Gasteiger partial charge on any atom is -0.462 e. The Morgan fingerprint density at radius 2 is 0.524 bits per heavy atom. The molecule has 0 fully saturated rings. The summed E-state index contributed by atoms with van der Waals surface area (Å²) in [6.07, 6.45) is 52.4. The van der Waals surface area contributed by atoms with E-state index in [0.717, 1.165) is 69.6 Å². The number of ether oxygens (including phenoxy) is 3. The number of unbranched alkanes of at least 4 members (excludes halogenated alkanes) is 36. The van der Waals surface area contributed by atoms with Gasteiger partial charge in [-0.25, -0.2) is 0 Å². The smallest absolute Gasteiger partial charge is 0.306 e. The van der Waals surface area contributed by atoms with Crippen molar-refractivity contribution >= 4 is 17.9 Å². The zero-order valence-electron chi connectivity index (χ0n) is 43.2. The van der Waals surface area contributed by atoms with Gasteiger partial charge in [-0.3, -0.25) is 14.4 Å². The highest BCUT2D eigenvalue weighted by Crippen LogP contribution is 2.18. The lowest BCUT2D eigenvalue weighted by atomic mass is 10.0. The molecule has 0 amide bonds. The third-order valence-corrected chi connectivity index (χ3v) is 13.0. The van der Waals surface area contributed by atoms with Crippen LogP contribution in [-0.4, -0.2) is 37.2 Å². The van der Waals surface area contributed by atoms with Crippen LogP contribution in [0, 0.1) is 11.8 Å². The third-order valence-electron chi connectivity index (χ3n) is 13.0. The van der Waals surface area contributed by atoms with E-state index in [4.69, 9.17) is 14.2 Å². The maximum atomic E-state index is 12.8. The van der Waals surface area contributed by atoms with Crippen molar-refractivity contribution in [2.45, 2.75) is 323 Å². The van der Waals surface area contributed by atoms with E-state index in [9.17, 15) is 14.4 Å². The fourth-order valence-electron chi connectivity index (χ4n) is 8.70. The van der Waals surface area contributed by atoms with Gasteiger partial charge in [0.1, 0.15) is 13.2 Å². The van der Waals surface area contributed by atoms with E-state index in [-0.39, 0.29) is 31.1 Å². The van der Waals surface area contributed by atoms with Gasteiger partial charge in [-0.05, 0) is 31.1 Å². The van der Waals surface area contributed by atoms with E-state index >= 15 is 0 Å².